The Morgan fingerprint density at radius 1 is 0.614 bits per heavy atom. The average Bonchev–Trinajstić information content (AvgIpc) is 3.18. The molecule has 0 radical (unpaired) electrons. The lowest BCUT2D eigenvalue weighted by Gasteiger charge is -2.25. The molecule has 2 aromatic rings. The number of benzene rings is 2. The van der Waals surface area contributed by atoms with Gasteiger partial charge in [0, 0.05) is 42.6 Å². The summed E-state index contributed by atoms with van der Waals surface area (Å²) in [7, 11) is 0. The number of carbonyl (C=O) groups is 7. The van der Waals surface area contributed by atoms with E-state index in [0.717, 1.165) is 30.4 Å². The molecule has 2 rings (SSSR count). The van der Waals surface area contributed by atoms with Crippen LogP contribution < -0.4 is 27.8 Å². The Morgan fingerprint density at radius 3 is 1.68 bits per heavy atom. The Labute approximate surface area is 339 Å². The highest BCUT2D eigenvalue weighted by molar-refractivity contribution is 6.36. The van der Waals surface area contributed by atoms with Crippen molar-refractivity contribution < 1.29 is 33.6 Å². The summed E-state index contributed by atoms with van der Waals surface area (Å²) in [6.07, 6.45) is 6.31. The number of carbonyl (C=O) groups excluding carboxylic acids is 7. The quantitative estimate of drug-likeness (QED) is 0.0404. The Hall–Kier alpha value is -4.55. The summed E-state index contributed by atoms with van der Waals surface area (Å²) in [4.78, 5) is 91.0. The predicted octanol–water partition coefficient (Wildman–Crippen LogP) is 5.40. The third-order valence-electron chi connectivity index (χ3n) is 10.3. The van der Waals surface area contributed by atoms with Crippen molar-refractivity contribution in [2.45, 2.75) is 130 Å². The van der Waals surface area contributed by atoms with Gasteiger partial charge >= 0.3 is 0 Å². The molecule has 1 unspecified atom stereocenters. The van der Waals surface area contributed by atoms with Gasteiger partial charge in [-0.05, 0) is 87.1 Å². The lowest BCUT2D eigenvalue weighted by Crippen LogP contribution is -2.47. The van der Waals surface area contributed by atoms with Crippen LogP contribution in [0.5, 0.6) is 0 Å². The molecule has 0 spiro atoms. The van der Waals surface area contributed by atoms with E-state index in [9.17, 15) is 33.6 Å². The van der Waals surface area contributed by atoms with Crippen LogP contribution in [-0.2, 0) is 35.2 Å². The number of aryl methyl sites for hydroxylation is 1. The molecule has 12 heteroatoms. The summed E-state index contributed by atoms with van der Waals surface area (Å²) in [5, 5.41) is 5.65. The van der Waals surface area contributed by atoms with Crippen LogP contribution >= 0.6 is 0 Å². The van der Waals surface area contributed by atoms with Crippen LogP contribution in [0.25, 0.3) is 11.1 Å². The number of ketones is 4. The molecule has 0 bridgehead atoms. The maximum Gasteiger partial charge on any atom is 0.285 e. The Bertz CT molecular complexity index is 1620. The van der Waals surface area contributed by atoms with E-state index in [-0.39, 0.29) is 36.7 Å². The molecule has 0 aromatic heterocycles. The first-order chi connectivity index (χ1) is 27.1. The van der Waals surface area contributed by atoms with Crippen molar-refractivity contribution >= 4 is 40.9 Å². The van der Waals surface area contributed by atoms with Crippen LogP contribution in [0.1, 0.15) is 128 Å². The second-order valence-corrected chi connectivity index (χ2v) is 15.9. The van der Waals surface area contributed by atoms with Gasteiger partial charge in [-0.15, -0.1) is 0 Å². The van der Waals surface area contributed by atoms with E-state index >= 15 is 0 Å². The van der Waals surface area contributed by atoms with Gasteiger partial charge < -0.3 is 27.8 Å². The maximum atomic E-state index is 13.9. The largest absolute Gasteiger partial charge is 0.363 e. The summed E-state index contributed by atoms with van der Waals surface area (Å²) in [5.74, 6) is -6.33. The molecule has 0 heterocycles. The highest BCUT2D eigenvalue weighted by atomic mass is 16.2. The van der Waals surface area contributed by atoms with Crippen molar-refractivity contribution in [3.05, 3.63) is 59.7 Å². The van der Waals surface area contributed by atoms with E-state index in [1.165, 1.54) is 12.5 Å². The van der Waals surface area contributed by atoms with Crippen LogP contribution in [0.4, 0.5) is 0 Å². The molecule has 0 saturated carbocycles. The highest BCUT2D eigenvalue weighted by Gasteiger charge is 2.32. The topological polar surface area (TPSA) is 222 Å². The molecule has 0 aliphatic heterocycles. The third-order valence-corrected chi connectivity index (χ3v) is 10.3. The maximum absolute atomic E-state index is 13.9. The monoisotopic (exact) mass is 790 g/mol. The molecule has 0 aliphatic carbocycles. The van der Waals surface area contributed by atoms with E-state index in [1.807, 2.05) is 26.0 Å². The molecule has 3 amide bonds. The molecule has 0 saturated heterocycles. The predicted molar refractivity (Wildman–Crippen MR) is 224 cm³/mol. The fourth-order valence-electron chi connectivity index (χ4n) is 6.76. The first-order valence-corrected chi connectivity index (χ1v) is 20.7. The van der Waals surface area contributed by atoms with E-state index in [4.69, 9.17) is 17.2 Å². The van der Waals surface area contributed by atoms with Gasteiger partial charge in [-0.25, -0.2) is 0 Å². The van der Waals surface area contributed by atoms with Gasteiger partial charge in [0.25, 0.3) is 5.91 Å². The van der Waals surface area contributed by atoms with Gasteiger partial charge in [0.05, 0.1) is 12.1 Å². The summed E-state index contributed by atoms with van der Waals surface area (Å²) >= 11 is 0. The summed E-state index contributed by atoms with van der Waals surface area (Å²) in [6, 6.07) is 14.0. The Kier molecular flexibility index (Phi) is 21.9. The minimum atomic E-state index is -1.13. The van der Waals surface area contributed by atoms with Crippen molar-refractivity contribution in [3.8, 4) is 11.1 Å². The molecule has 2 aromatic carbocycles. The van der Waals surface area contributed by atoms with Crippen LogP contribution in [0, 0.1) is 23.7 Å². The van der Waals surface area contributed by atoms with Gasteiger partial charge in [0.1, 0.15) is 0 Å². The van der Waals surface area contributed by atoms with E-state index in [2.05, 4.69) is 41.8 Å². The lowest BCUT2D eigenvalue weighted by molar-refractivity contribution is -0.139. The zero-order chi connectivity index (χ0) is 42.5. The average molecular weight is 790 g/mol. The van der Waals surface area contributed by atoms with Gasteiger partial charge in [-0.2, -0.15) is 0 Å². The summed E-state index contributed by atoms with van der Waals surface area (Å²) in [5.41, 5.74) is 20.4. The number of primary amides is 1. The number of rotatable bonds is 29. The van der Waals surface area contributed by atoms with Crippen molar-refractivity contribution in [3.63, 3.8) is 0 Å². The van der Waals surface area contributed by atoms with Crippen molar-refractivity contribution in [2.24, 2.45) is 40.9 Å². The smallest absolute Gasteiger partial charge is 0.285 e. The number of nitrogens with two attached hydrogens (primary N) is 3. The molecule has 57 heavy (non-hydrogen) atoms. The fraction of sp³-hybridized carbons (Fsp3) is 0.578. The molecule has 314 valence electrons. The first-order valence-electron chi connectivity index (χ1n) is 20.7. The summed E-state index contributed by atoms with van der Waals surface area (Å²) in [6.45, 7) is 9.79. The van der Waals surface area contributed by atoms with Crippen molar-refractivity contribution in [1.82, 2.24) is 10.6 Å². The standard InChI is InChI=1S/C45H67N5O7/c1-6-7-12-32-15-17-33(18-16-32)34-19-21-35(22-20-34)39(51)28-36(13-8-10-23-46)45(57)49-37(14-9-11-24-47)40(52)27-31(5)44(56)50-38(25-29(2)3)41(53)26-30(4)42(54)43(48)55/h15-22,29-31,36-38H,6-14,23-28,46-47H2,1-5H3,(H2,48,55)(H,49,57)(H,50,56)/t30-,31-,36?,37+,38+/m1/s1. The third kappa shape index (κ3) is 17.2. The molecule has 8 N–H and O–H groups in total. The van der Waals surface area contributed by atoms with Gasteiger partial charge in [-0.1, -0.05) is 96.0 Å². The lowest BCUT2D eigenvalue weighted by atomic mass is 9.90. The van der Waals surface area contributed by atoms with E-state index < -0.39 is 59.1 Å². The Balaban J connectivity index is 2.17. The molecular weight excluding hydrogens is 723 g/mol. The second-order valence-electron chi connectivity index (χ2n) is 15.9. The first kappa shape index (κ1) is 48.6. The van der Waals surface area contributed by atoms with Crippen LogP contribution in [0.3, 0.4) is 0 Å². The summed E-state index contributed by atoms with van der Waals surface area (Å²) < 4.78 is 0. The van der Waals surface area contributed by atoms with Crippen LogP contribution in [0.2, 0.25) is 0 Å². The number of nitrogens with one attached hydrogen (secondary N) is 2. The number of unbranched alkanes of at least 4 members (excludes halogenated alkanes) is 3. The zero-order valence-electron chi connectivity index (χ0n) is 34.8. The van der Waals surface area contributed by atoms with Gasteiger partial charge in [-0.3, -0.25) is 33.6 Å². The molecule has 12 nitrogen and oxygen atoms in total. The number of hydrogen-bond acceptors (Lipinski definition) is 9. The van der Waals surface area contributed by atoms with Gasteiger partial charge in [0.15, 0.2) is 17.3 Å². The number of amides is 3. The zero-order valence-corrected chi connectivity index (χ0v) is 34.8. The minimum Gasteiger partial charge on any atom is -0.363 e. The highest BCUT2D eigenvalue weighted by Crippen LogP contribution is 2.24. The second kappa shape index (κ2) is 25.7. The van der Waals surface area contributed by atoms with Crippen LogP contribution in [0.15, 0.2) is 48.5 Å². The van der Waals surface area contributed by atoms with Crippen molar-refractivity contribution in [2.75, 3.05) is 13.1 Å². The number of Topliss-reactive ketones (excluding diaryl/α,β-unsaturated/α-hetero) is 4. The van der Waals surface area contributed by atoms with Crippen LogP contribution in [-0.4, -0.2) is 66.0 Å². The van der Waals surface area contributed by atoms with E-state index in [0.29, 0.717) is 63.6 Å². The SMILES string of the molecule is CCCCc1ccc(-c2ccc(C(=O)CC(CCCCN)C(=O)N[C@@H](CCCCN)C(=O)C[C@@H](C)C(=O)N[C@@H](CC(C)C)C(=O)C[C@@H](C)C(=O)C(N)=O)cc2)cc1. The number of hydrogen-bond donors (Lipinski definition) is 5. The normalized spacial score (nSPS) is 13.9. The van der Waals surface area contributed by atoms with E-state index in [1.54, 1.807) is 19.1 Å². The fourth-order valence-corrected chi connectivity index (χ4v) is 6.76. The van der Waals surface area contributed by atoms with Gasteiger partial charge in [0.2, 0.25) is 17.6 Å². The molecular formula is C45H67N5O7. The van der Waals surface area contributed by atoms with Crippen molar-refractivity contribution in [1.29, 1.82) is 0 Å². The Morgan fingerprint density at radius 2 is 1.14 bits per heavy atom. The minimum absolute atomic E-state index is 0.0162. The molecule has 0 aliphatic rings. The molecule has 5 atom stereocenters. The molecule has 0 fully saturated rings.